The number of hydrogen-bond acceptors (Lipinski definition) is 2. The Morgan fingerprint density at radius 1 is 1.14 bits per heavy atom. The third-order valence-corrected chi connectivity index (χ3v) is 3.75. The molecule has 4 nitrogen and oxygen atoms in total. The molecule has 0 spiro atoms. The highest BCUT2D eigenvalue weighted by Crippen LogP contribution is 2.21. The largest absolute Gasteiger partial charge is 0.341 e. The highest BCUT2D eigenvalue weighted by atomic mass is 15.3. The highest BCUT2D eigenvalue weighted by molar-refractivity contribution is 5.83. The van der Waals surface area contributed by atoms with E-state index in [0.29, 0.717) is 0 Å². The lowest BCUT2D eigenvalue weighted by Gasteiger charge is -2.07. The molecule has 110 valence electrons. The van der Waals surface area contributed by atoms with Crippen molar-refractivity contribution in [3.8, 4) is 0 Å². The van der Waals surface area contributed by atoms with Gasteiger partial charge in [0.05, 0.1) is 12.2 Å². The first-order valence-corrected chi connectivity index (χ1v) is 7.54. The molecule has 0 aliphatic rings. The molecule has 2 heterocycles. The van der Waals surface area contributed by atoms with Gasteiger partial charge < -0.3 is 9.88 Å². The molecule has 0 saturated carbocycles. The van der Waals surface area contributed by atoms with Crippen LogP contribution in [-0.4, -0.2) is 20.9 Å². The maximum atomic E-state index is 4.46. The third-order valence-electron chi connectivity index (χ3n) is 3.75. The molecule has 0 bridgehead atoms. The summed E-state index contributed by atoms with van der Waals surface area (Å²) in [5.41, 5.74) is 3.72. The lowest BCUT2D eigenvalue weighted by Crippen LogP contribution is -2.13. The Morgan fingerprint density at radius 2 is 2.05 bits per heavy atom. The molecular formula is C17H22N4. The van der Waals surface area contributed by atoms with Crippen LogP contribution in [0.3, 0.4) is 0 Å². The second-order valence-corrected chi connectivity index (χ2v) is 5.45. The van der Waals surface area contributed by atoms with E-state index < -0.39 is 0 Å². The van der Waals surface area contributed by atoms with Crippen molar-refractivity contribution in [1.29, 1.82) is 0 Å². The van der Waals surface area contributed by atoms with Crippen molar-refractivity contribution in [3.05, 3.63) is 54.0 Å². The van der Waals surface area contributed by atoms with Gasteiger partial charge in [-0.05, 0) is 36.7 Å². The van der Waals surface area contributed by atoms with E-state index in [1.165, 1.54) is 16.5 Å². The fourth-order valence-corrected chi connectivity index (χ4v) is 2.70. The minimum atomic E-state index is 0.816. The summed E-state index contributed by atoms with van der Waals surface area (Å²) in [5, 5.41) is 9.27. The molecule has 21 heavy (non-hydrogen) atoms. The molecule has 0 radical (unpaired) electrons. The third kappa shape index (κ3) is 3.00. The van der Waals surface area contributed by atoms with E-state index in [-0.39, 0.29) is 0 Å². The topological polar surface area (TPSA) is 34.8 Å². The Bertz CT molecular complexity index is 723. The summed E-state index contributed by atoms with van der Waals surface area (Å²) in [6, 6.07) is 10.8. The van der Waals surface area contributed by atoms with Crippen LogP contribution in [0.5, 0.6) is 0 Å². The number of benzene rings is 1. The molecule has 0 saturated heterocycles. The standard InChI is InChI=1S/C17H22N4/c1-3-9-18-12-14-5-4-6-17-16(14)8-11-21(17)13-15-7-10-20(2)19-15/h4-8,10-11,18H,3,9,12-13H2,1-2H3. The second kappa shape index (κ2) is 6.14. The van der Waals surface area contributed by atoms with E-state index in [4.69, 9.17) is 0 Å². The Hall–Kier alpha value is -2.07. The monoisotopic (exact) mass is 282 g/mol. The molecule has 0 atom stereocenters. The van der Waals surface area contributed by atoms with Crippen LogP contribution >= 0.6 is 0 Å². The van der Waals surface area contributed by atoms with Crippen LogP contribution in [0.2, 0.25) is 0 Å². The van der Waals surface area contributed by atoms with E-state index in [9.17, 15) is 0 Å². The minimum Gasteiger partial charge on any atom is -0.341 e. The first-order valence-electron chi connectivity index (χ1n) is 7.54. The molecule has 1 N–H and O–H groups in total. The average molecular weight is 282 g/mol. The summed E-state index contributed by atoms with van der Waals surface area (Å²) in [6.07, 6.45) is 5.31. The molecular weight excluding hydrogens is 260 g/mol. The number of nitrogens with zero attached hydrogens (tertiary/aromatic N) is 3. The van der Waals surface area contributed by atoms with E-state index in [1.54, 1.807) is 0 Å². The van der Waals surface area contributed by atoms with Crippen LogP contribution < -0.4 is 5.32 Å². The zero-order chi connectivity index (χ0) is 14.7. The first kappa shape index (κ1) is 13.9. The van der Waals surface area contributed by atoms with E-state index in [0.717, 1.165) is 31.7 Å². The van der Waals surface area contributed by atoms with Gasteiger partial charge >= 0.3 is 0 Å². The van der Waals surface area contributed by atoms with Crippen molar-refractivity contribution < 1.29 is 0 Å². The van der Waals surface area contributed by atoms with Gasteiger partial charge in [0.1, 0.15) is 0 Å². The maximum absolute atomic E-state index is 4.46. The summed E-state index contributed by atoms with van der Waals surface area (Å²) in [4.78, 5) is 0. The van der Waals surface area contributed by atoms with Gasteiger partial charge in [0.25, 0.3) is 0 Å². The Kier molecular flexibility index (Phi) is 4.06. The summed E-state index contributed by atoms with van der Waals surface area (Å²) in [5.74, 6) is 0. The molecule has 0 fully saturated rings. The van der Waals surface area contributed by atoms with Crippen LogP contribution in [-0.2, 0) is 20.1 Å². The zero-order valence-electron chi connectivity index (χ0n) is 12.7. The van der Waals surface area contributed by atoms with Crippen LogP contribution in [0.4, 0.5) is 0 Å². The van der Waals surface area contributed by atoms with Crippen molar-refractivity contribution in [2.45, 2.75) is 26.4 Å². The molecule has 0 amide bonds. The van der Waals surface area contributed by atoms with Crippen molar-refractivity contribution in [2.24, 2.45) is 7.05 Å². The maximum Gasteiger partial charge on any atom is 0.0821 e. The Labute approximate surface area is 125 Å². The van der Waals surface area contributed by atoms with Gasteiger partial charge in [-0.15, -0.1) is 0 Å². The Balaban J connectivity index is 1.86. The van der Waals surface area contributed by atoms with Crippen LogP contribution in [0.15, 0.2) is 42.7 Å². The first-order chi connectivity index (χ1) is 10.3. The summed E-state index contributed by atoms with van der Waals surface area (Å²) in [7, 11) is 1.95. The van der Waals surface area contributed by atoms with Gasteiger partial charge in [0.2, 0.25) is 0 Å². The Morgan fingerprint density at radius 3 is 2.81 bits per heavy atom. The fraction of sp³-hybridized carbons (Fsp3) is 0.353. The smallest absolute Gasteiger partial charge is 0.0821 e. The van der Waals surface area contributed by atoms with Gasteiger partial charge in [-0.2, -0.15) is 5.10 Å². The lowest BCUT2D eigenvalue weighted by molar-refractivity contribution is 0.678. The highest BCUT2D eigenvalue weighted by Gasteiger charge is 2.06. The predicted octanol–water partition coefficient (Wildman–Crippen LogP) is 2.92. The number of aryl methyl sites for hydroxylation is 1. The fourth-order valence-electron chi connectivity index (χ4n) is 2.70. The summed E-state index contributed by atoms with van der Waals surface area (Å²) < 4.78 is 4.11. The molecule has 0 aliphatic heterocycles. The predicted molar refractivity (Wildman–Crippen MR) is 86.2 cm³/mol. The minimum absolute atomic E-state index is 0.816. The second-order valence-electron chi connectivity index (χ2n) is 5.45. The molecule has 4 heteroatoms. The van der Waals surface area contributed by atoms with Crippen LogP contribution in [0.25, 0.3) is 10.9 Å². The number of nitrogens with one attached hydrogen (secondary N) is 1. The number of rotatable bonds is 6. The van der Waals surface area contributed by atoms with Crippen molar-refractivity contribution in [2.75, 3.05) is 6.54 Å². The molecule has 3 rings (SSSR count). The van der Waals surface area contributed by atoms with Crippen molar-refractivity contribution in [1.82, 2.24) is 19.7 Å². The number of fused-ring (bicyclic) bond motifs is 1. The quantitative estimate of drug-likeness (QED) is 0.705. The average Bonchev–Trinajstić information content (AvgIpc) is 3.07. The molecule has 3 aromatic rings. The van der Waals surface area contributed by atoms with Gasteiger partial charge in [-0.3, -0.25) is 4.68 Å². The summed E-state index contributed by atoms with van der Waals surface area (Å²) >= 11 is 0. The van der Waals surface area contributed by atoms with Crippen LogP contribution in [0.1, 0.15) is 24.6 Å². The summed E-state index contributed by atoms with van der Waals surface area (Å²) in [6.45, 7) is 5.00. The molecule has 0 unspecified atom stereocenters. The van der Waals surface area contributed by atoms with Crippen molar-refractivity contribution >= 4 is 10.9 Å². The van der Waals surface area contributed by atoms with Gasteiger partial charge in [0.15, 0.2) is 0 Å². The van der Waals surface area contributed by atoms with Crippen molar-refractivity contribution in [3.63, 3.8) is 0 Å². The van der Waals surface area contributed by atoms with Gasteiger partial charge in [-0.1, -0.05) is 19.1 Å². The van der Waals surface area contributed by atoms with Crippen LogP contribution in [0, 0.1) is 0 Å². The molecule has 1 aromatic carbocycles. The van der Waals surface area contributed by atoms with Gasteiger partial charge in [0, 0.05) is 36.9 Å². The molecule has 2 aromatic heterocycles. The normalized spacial score (nSPS) is 11.3. The van der Waals surface area contributed by atoms with E-state index in [2.05, 4.69) is 58.4 Å². The lowest BCUT2D eigenvalue weighted by atomic mass is 10.1. The number of hydrogen-bond donors (Lipinski definition) is 1. The van der Waals surface area contributed by atoms with E-state index in [1.807, 2.05) is 17.9 Å². The zero-order valence-corrected chi connectivity index (χ0v) is 12.7. The van der Waals surface area contributed by atoms with Gasteiger partial charge in [-0.25, -0.2) is 0 Å². The molecule has 0 aliphatic carbocycles. The number of aromatic nitrogens is 3. The van der Waals surface area contributed by atoms with E-state index >= 15 is 0 Å². The SMILES string of the molecule is CCCNCc1cccc2c1ccn2Cc1ccn(C)n1.